The summed E-state index contributed by atoms with van der Waals surface area (Å²) in [6.07, 6.45) is 1.10. The van der Waals surface area contributed by atoms with Crippen LogP contribution in [-0.4, -0.2) is 24.1 Å². The molecule has 0 aromatic heterocycles. The monoisotopic (exact) mass is 299 g/mol. The number of nitrogens with zero attached hydrogens (tertiary/aromatic N) is 2. The van der Waals surface area contributed by atoms with E-state index in [2.05, 4.69) is 39.8 Å². The van der Waals surface area contributed by atoms with Crippen LogP contribution in [0, 0.1) is 0 Å². The Labute approximate surface area is 110 Å². The Kier molecular flexibility index (Phi) is 5.28. The first kappa shape index (κ1) is 13.8. The summed E-state index contributed by atoms with van der Waals surface area (Å²) < 4.78 is 0.833. The predicted octanol–water partition coefficient (Wildman–Crippen LogP) is 2.78. The molecule has 0 aliphatic heterocycles. The van der Waals surface area contributed by atoms with E-state index in [0.29, 0.717) is 5.56 Å². The maximum absolute atomic E-state index is 8.65. The lowest BCUT2D eigenvalue weighted by atomic mass is 10.1. The molecule has 0 saturated heterocycles. The number of anilines is 1. The van der Waals surface area contributed by atoms with E-state index in [9.17, 15) is 0 Å². The molecule has 0 bridgehead atoms. The van der Waals surface area contributed by atoms with Crippen LogP contribution < -0.4 is 10.6 Å². The van der Waals surface area contributed by atoms with E-state index in [0.717, 1.165) is 29.7 Å². The summed E-state index contributed by atoms with van der Waals surface area (Å²) in [4.78, 5) is 2.28. The second-order valence-corrected chi connectivity index (χ2v) is 4.58. The SMILES string of the molecule is CCCN(CC)c1ccc(/C(N)=N/O)c(Br)c1. The summed E-state index contributed by atoms with van der Waals surface area (Å²) in [7, 11) is 0. The van der Waals surface area contributed by atoms with Crippen LogP contribution in [0.15, 0.2) is 27.8 Å². The lowest BCUT2D eigenvalue weighted by molar-refractivity contribution is 0.318. The zero-order chi connectivity index (χ0) is 12.8. The Morgan fingerprint density at radius 1 is 1.47 bits per heavy atom. The minimum atomic E-state index is 0.113. The molecule has 0 unspecified atom stereocenters. The molecular formula is C12H18BrN3O. The Hall–Kier alpha value is -1.23. The predicted molar refractivity (Wildman–Crippen MR) is 74.8 cm³/mol. The van der Waals surface area contributed by atoms with Crippen molar-refractivity contribution < 1.29 is 5.21 Å². The molecule has 1 rings (SSSR count). The first-order valence-corrected chi connectivity index (χ1v) is 6.45. The molecule has 94 valence electrons. The molecule has 0 spiro atoms. The Bertz CT molecular complexity index is 407. The molecule has 1 aromatic carbocycles. The van der Waals surface area contributed by atoms with Gasteiger partial charge < -0.3 is 15.8 Å². The van der Waals surface area contributed by atoms with Gasteiger partial charge in [-0.3, -0.25) is 0 Å². The first-order valence-electron chi connectivity index (χ1n) is 5.66. The molecule has 0 aliphatic carbocycles. The first-order chi connectivity index (χ1) is 8.13. The van der Waals surface area contributed by atoms with Gasteiger partial charge >= 0.3 is 0 Å². The van der Waals surface area contributed by atoms with Crippen molar-refractivity contribution in [3.8, 4) is 0 Å². The molecule has 3 N–H and O–H groups in total. The van der Waals surface area contributed by atoms with Crippen LogP contribution >= 0.6 is 15.9 Å². The number of benzene rings is 1. The summed E-state index contributed by atoms with van der Waals surface area (Å²) in [5.41, 5.74) is 7.40. The molecule has 0 amide bonds. The summed E-state index contributed by atoms with van der Waals surface area (Å²) >= 11 is 3.44. The van der Waals surface area contributed by atoms with Crippen LogP contribution in [0.3, 0.4) is 0 Å². The van der Waals surface area contributed by atoms with E-state index >= 15 is 0 Å². The number of nitrogens with two attached hydrogens (primary N) is 1. The summed E-state index contributed by atoms with van der Waals surface area (Å²) in [5.74, 6) is 0.113. The highest BCUT2D eigenvalue weighted by Gasteiger charge is 2.09. The molecular weight excluding hydrogens is 282 g/mol. The van der Waals surface area contributed by atoms with Crippen LogP contribution in [0.25, 0.3) is 0 Å². The van der Waals surface area contributed by atoms with Gasteiger partial charge in [-0.2, -0.15) is 0 Å². The molecule has 1 aromatic rings. The van der Waals surface area contributed by atoms with Crippen LogP contribution in [0.5, 0.6) is 0 Å². The van der Waals surface area contributed by atoms with Crippen molar-refractivity contribution in [1.29, 1.82) is 0 Å². The zero-order valence-corrected chi connectivity index (χ0v) is 11.7. The minimum absolute atomic E-state index is 0.113. The fraction of sp³-hybridized carbons (Fsp3) is 0.417. The Morgan fingerprint density at radius 2 is 2.18 bits per heavy atom. The highest BCUT2D eigenvalue weighted by molar-refractivity contribution is 9.10. The Balaban J connectivity index is 3.03. The lowest BCUT2D eigenvalue weighted by Crippen LogP contribution is -2.23. The van der Waals surface area contributed by atoms with Crippen molar-refractivity contribution in [2.75, 3.05) is 18.0 Å². The maximum Gasteiger partial charge on any atom is 0.171 e. The molecule has 0 atom stereocenters. The standard InChI is InChI=1S/C12H18BrN3O/c1-3-7-16(4-2)9-5-6-10(11(13)8-9)12(14)15-17/h5-6,8,17H,3-4,7H2,1-2H3,(H2,14,15). The van der Waals surface area contributed by atoms with Crippen molar-refractivity contribution in [1.82, 2.24) is 0 Å². The smallest absolute Gasteiger partial charge is 0.171 e. The molecule has 0 radical (unpaired) electrons. The van der Waals surface area contributed by atoms with Gasteiger partial charge in [-0.15, -0.1) is 0 Å². The molecule has 4 nitrogen and oxygen atoms in total. The van der Waals surface area contributed by atoms with Crippen molar-refractivity contribution >= 4 is 27.5 Å². The van der Waals surface area contributed by atoms with Gasteiger partial charge in [0.2, 0.25) is 0 Å². The van der Waals surface area contributed by atoms with Gasteiger partial charge in [0.15, 0.2) is 5.84 Å². The molecule has 0 aliphatic rings. The van der Waals surface area contributed by atoms with E-state index in [1.165, 1.54) is 0 Å². The lowest BCUT2D eigenvalue weighted by Gasteiger charge is -2.23. The molecule has 5 heteroatoms. The van der Waals surface area contributed by atoms with Gasteiger partial charge in [0, 0.05) is 28.8 Å². The number of hydrogen-bond acceptors (Lipinski definition) is 3. The maximum atomic E-state index is 8.65. The number of halogens is 1. The summed E-state index contributed by atoms with van der Waals surface area (Å²) in [6, 6.07) is 5.83. The topological polar surface area (TPSA) is 61.8 Å². The highest BCUT2D eigenvalue weighted by atomic mass is 79.9. The fourth-order valence-corrected chi connectivity index (χ4v) is 2.27. The van der Waals surface area contributed by atoms with E-state index in [-0.39, 0.29) is 5.84 Å². The summed E-state index contributed by atoms with van der Waals surface area (Å²) in [6.45, 7) is 6.26. The third-order valence-corrected chi connectivity index (χ3v) is 3.23. The van der Waals surface area contributed by atoms with Crippen molar-refractivity contribution in [3.05, 3.63) is 28.2 Å². The highest BCUT2D eigenvalue weighted by Crippen LogP contribution is 2.24. The van der Waals surface area contributed by atoms with Gasteiger partial charge in [-0.05, 0) is 47.5 Å². The summed E-state index contributed by atoms with van der Waals surface area (Å²) in [5, 5.41) is 11.7. The fourth-order valence-electron chi connectivity index (χ4n) is 1.70. The third-order valence-electron chi connectivity index (χ3n) is 2.58. The van der Waals surface area contributed by atoms with E-state index in [4.69, 9.17) is 10.9 Å². The quantitative estimate of drug-likeness (QED) is 0.380. The van der Waals surface area contributed by atoms with Gasteiger partial charge in [-0.25, -0.2) is 0 Å². The number of oxime groups is 1. The average molecular weight is 300 g/mol. The van der Waals surface area contributed by atoms with E-state index in [1.807, 2.05) is 18.2 Å². The number of rotatable bonds is 5. The van der Waals surface area contributed by atoms with Crippen LogP contribution in [0.4, 0.5) is 5.69 Å². The van der Waals surface area contributed by atoms with Crippen molar-refractivity contribution in [2.45, 2.75) is 20.3 Å². The van der Waals surface area contributed by atoms with Gasteiger partial charge in [0.1, 0.15) is 0 Å². The number of hydrogen-bond donors (Lipinski definition) is 2. The van der Waals surface area contributed by atoms with Gasteiger partial charge in [-0.1, -0.05) is 12.1 Å². The van der Waals surface area contributed by atoms with Crippen LogP contribution in [0.1, 0.15) is 25.8 Å². The molecule has 0 saturated carbocycles. The Morgan fingerprint density at radius 3 is 2.65 bits per heavy atom. The van der Waals surface area contributed by atoms with Gasteiger partial charge in [0.05, 0.1) is 0 Å². The second-order valence-electron chi connectivity index (χ2n) is 3.73. The largest absolute Gasteiger partial charge is 0.409 e. The molecule has 0 heterocycles. The van der Waals surface area contributed by atoms with E-state index < -0.39 is 0 Å². The van der Waals surface area contributed by atoms with Crippen LogP contribution in [-0.2, 0) is 0 Å². The van der Waals surface area contributed by atoms with Crippen LogP contribution in [0.2, 0.25) is 0 Å². The molecule has 0 fully saturated rings. The number of amidine groups is 1. The third kappa shape index (κ3) is 3.36. The molecule has 17 heavy (non-hydrogen) atoms. The van der Waals surface area contributed by atoms with Crippen molar-refractivity contribution in [2.24, 2.45) is 10.9 Å². The van der Waals surface area contributed by atoms with Crippen molar-refractivity contribution in [3.63, 3.8) is 0 Å². The normalized spacial score (nSPS) is 11.6. The minimum Gasteiger partial charge on any atom is -0.409 e. The second kappa shape index (κ2) is 6.49. The van der Waals surface area contributed by atoms with E-state index in [1.54, 1.807) is 0 Å². The average Bonchev–Trinajstić information content (AvgIpc) is 2.35. The van der Waals surface area contributed by atoms with Gasteiger partial charge in [0.25, 0.3) is 0 Å². The zero-order valence-electron chi connectivity index (χ0n) is 10.2.